The molecule has 0 aliphatic heterocycles. The van der Waals surface area contributed by atoms with Crippen molar-refractivity contribution in [3.8, 4) is 0 Å². The molecule has 3 nitrogen and oxygen atoms in total. The molecule has 7 rings (SSSR count). The fraction of sp³-hybridized carbons (Fsp3) is 0.311. The van der Waals surface area contributed by atoms with Gasteiger partial charge in [0.2, 0.25) is 0 Å². The summed E-state index contributed by atoms with van der Waals surface area (Å²) in [6.45, 7) is 15.5. The molecule has 0 saturated carbocycles. The predicted molar refractivity (Wildman–Crippen MR) is 278 cm³/mol. The highest BCUT2D eigenvalue weighted by Gasteiger charge is 2.08. The standard InChI is InChI=1S/C19H32O3.6C7H8/c1-16-18(9-3-6-12-21)14-17(8-2-5-11-20)15-19(16)10-4-7-13-22;6*1-7-5-3-2-4-6-7/h14-15,20-22H,2-13H2,1H3;6*2-6H,1H3. The Morgan fingerprint density at radius 2 is 0.469 bits per heavy atom. The quantitative estimate of drug-likeness (QED) is 0.107. The zero-order valence-corrected chi connectivity index (χ0v) is 40.3. The van der Waals surface area contributed by atoms with Gasteiger partial charge in [0.05, 0.1) is 0 Å². The number of hydrogen-bond acceptors (Lipinski definition) is 3. The Kier molecular flexibility index (Phi) is 34.4. The van der Waals surface area contributed by atoms with E-state index in [-0.39, 0.29) is 19.8 Å². The van der Waals surface area contributed by atoms with Crippen LogP contribution in [0.4, 0.5) is 0 Å². The lowest BCUT2D eigenvalue weighted by Gasteiger charge is -2.15. The molecule has 0 saturated heterocycles. The minimum atomic E-state index is 0.262. The average Bonchev–Trinajstić information content (AvgIpc) is 3.31. The molecule has 0 heterocycles. The van der Waals surface area contributed by atoms with Crippen LogP contribution in [0.3, 0.4) is 0 Å². The van der Waals surface area contributed by atoms with Crippen molar-refractivity contribution in [2.75, 3.05) is 19.8 Å². The van der Waals surface area contributed by atoms with E-state index < -0.39 is 0 Å². The molecule has 0 aliphatic rings. The molecule has 0 fully saturated rings. The summed E-state index contributed by atoms with van der Waals surface area (Å²) >= 11 is 0. The lowest BCUT2D eigenvalue weighted by molar-refractivity contribution is 0.284. The molecule has 0 aromatic heterocycles. The monoisotopic (exact) mass is 861 g/mol. The van der Waals surface area contributed by atoms with Crippen molar-refractivity contribution in [3.63, 3.8) is 0 Å². The summed E-state index contributed by atoms with van der Waals surface area (Å²) in [6.07, 6.45) is 8.68. The van der Waals surface area contributed by atoms with Crippen LogP contribution in [0.5, 0.6) is 0 Å². The van der Waals surface area contributed by atoms with E-state index in [0.717, 1.165) is 57.8 Å². The molecule has 64 heavy (non-hydrogen) atoms. The van der Waals surface area contributed by atoms with E-state index >= 15 is 0 Å². The van der Waals surface area contributed by atoms with Crippen LogP contribution in [0, 0.1) is 48.5 Å². The first-order chi connectivity index (χ1) is 31.1. The number of unbranched alkanes of at least 4 members (excludes halogenated alkanes) is 3. The number of rotatable bonds is 12. The Bertz CT molecular complexity index is 1710. The van der Waals surface area contributed by atoms with E-state index in [2.05, 4.69) is 133 Å². The summed E-state index contributed by atoms with van der Waals surface area (Å²) < 4.78 is 0. The lowest BCUT2D eigenvalue weighted by atomic mass is 9.91. The molecule has 0 spiro atoms. The van der Waals surface area contributed by atoms with Crippen LogP contribution in [0.2, 0.25) is 0 Å². The highest BCUT2D eigenvalue weighted by atomic mass is 16.3. The first-order valence-electron chi connectivity index (χ1n) is 23.1. The van der Waals surface area contributed by atoms with Crippen LogP contribution < -0.4 is 0 Å². The summed E-state index contributed by atoms with van der Waals surface area (Å²) in [7, 11) is 0. The number of benzene rings is 7. The topological polar surface area (TPSA) is 60.7 Å². The van der Waals surface area contributed by atoms with Gasteiger partial charge in [-0.15, -0.1) is 0 Å². The molecule has 3 heteroatoms. The Morgan fingerprint density at radius 1 is 0.266 bits per heavy atom. The molecule has 342 valence electrons. The van der Waals surface area contributed by atoms with Gasteiger partial charge in [0.25, 0.3) is 0 Å². The van der Waals surface area contributed by atoms with Gasteiger partial charge in [-0.05, 0) is 129 Å². The second-order valence-electron chi connectivity index (χ2n) is 16.0. The van der Waals surface area contributed by atoms with Crippen LogP contribution >= 0.6 is 0 Å². The number of aliphatic hydroxyl groups is 3. The third-order valence-electron chi connectivity index (χ3n) is 9.91. The van der Waals surface area contributed by atoms with Crippen molar-refractivity contribution >= 4 is 0 Å². The van der Waals surface area contributed by atoms with Crippen LogP contribution in [-0.2, 0) is 19.3 Å². The second-order valence-corrected chi connectivity index (χ2v) is 16.0. The van der Waals surface area contributed by atoms with Gasteiger partial charge in [-0.2, -0.15) is 0 Å². The third-order valence-corrected chi connectivity index (χ3v) is 9.91. The zero-order valence-electron chi connectivity index (χ0n) is 40.3. The molecule has 0 amide bonds. The van der Waals surface area contributed by atoms with Crippen LogP contribution in [0.25, 0.3) is 0 Å². The van der Waals surface area contributed by atoms with Gasteiger partial charge in [-0.25, -0.2) is 0 Å². The van der Waals surface area contributed by atoms with Gasteiger partial charge in [-0.1, -0.05) is 228 Å². The lowest BCUT2D eigenvalue weighted by Crippen LogP contribution is -2.01. The van der Waals surface area contributed by atoms with Crippen molar-refractivity contribution in [3.05, 3.63) is 250 Å². The second kappa shape index (κ2) is 39.0. The fourth-order valence-corrected chi connectivity index (χ4v) is 6.08. The van der Waals surface area contributed by atoms with Gasteiger partial charge in [0.15, 0.2) is 0 Å². The number of aryl methyl sites for hydroxylation is 9. The molecular weight excluding hydrogens is 781 g/mol. The molecule has 0 atom stereocenters. The summed E-state index contributed by atoms with van der Waals surface area (Å²) in [5.74, 6) is 0. The van der Waals surface area contributed by atoms with E-state index in [1.54, 1.807) is 0 Å². The SMILES string of the molecule is Cc1c(CCCCO)cc(CCCCO)cc1CCCCO.Cc1ccccc1.Cc1ccccc1.Cc1ccccc1.Cc1ccccc1.Cc1ccccc1.Cc1ccccc1. The Morgan fingerprint density at radius 3 is 0.641 bits per heavy atom. The molecule has 0 radical (unpaired) electrons. The van der Waals surface area contributed by atoms with Gasteiger partial charge >= 0.3 is 0 Å². The Balaban J connectivity index is 0.000000403. The summed E-state index contributed by atoms with van der Waals surface area (Å²) in [4.78, 5) is 0. The largest absolute Gasteiger partial charge is 0.396 e. The normalized spacial score (nSPS) is 9.53. The van der Waals surface area contributed by atoms with E-state index in [1.165, 1.54) is 55.6 Å². The smallest absolute Gasteiger partial charge is 0.0431 e. The highest BCUT2D eigenvalue weighted by Crippen LogP contribution is 2.22. The van der Waals surface area contributed by atoms with E-state index in [0.29, 0.717) is 0 Å². The average molecular weight is 861 g/mol. The van der Waals surface area contributed by atoms with Crippen LogP contribution in [-0.4, -0.2) is 35.1 Å². The van der Waals surface area contributed by atoms with Gasteiger partial charge < -0.3 is 15.3 Å². The van der Waals surface area contributed by atoms with E-state index in [4.69, 9.17) is 15.3 Å². The first-order valence-corrected chi connectivity index (χ1v) is 23.1. The molecule has 3 N–H and O–H groups in total. The van der Waals surface area contributed by atoms with E-state index in [9.17, 15) is 0 Å². The third kappa shape index (κ3) is 32.1. The summed E-state index contributed by atoms with van der Waals surface area (Å²) in [5, 5.41) is 26.9. The van der Waals surface area contributed by atoms with Gasteiger partial charge in [0.1, 0.15) is 0 Å². The minimum Gasteiger partial charge on any atom is -0.396 e. The Hall–Kier alpha value is -5.58. The predicted octanol–water partition coefficient (Wildman–Crippen LogP) is 14.9. The maximum Gasteiger partial charge on any atom is 0.0431 e. The van der Waals surface area contributed by atoms with Crippen molar-refractivity contribution < 1.29 is 15.3 Å². The summed E-state index contributed by atoms with van der Waals surface area (Å²) in [6, 6.07) is 66.2. The van der Waals surface area contributed by atoms with E-state index in [1.807, 2.05) is 109 Å². The van der Waals surface area contributed by atoms with Crippen molar-refractivity contribution in [1.29, 1.82) is 0 Å². The van der Waals surface area contributed by atoms with Crippen molar-refractivity contribution in [2.45, 2.75) is 106 Å². The maximum absolute atomic E-state index is 8.96. The zero-order chi connectivity index (χ0) is 46.9. The van der Waals surface area contributed by atoms with Crippen molar-refractivity contribution in [2.24, 2.45) is 0 Å². The minimum absolute atomic E-state index is 0.262. The Labute approximate surface area is 389 Å². The molecule has 7 aromatic rings. The highest BCUT2D eigenvalue weighted by molar-refractivity contribution is 5.39. The van der Waals surface area contributed by atoms with Crippen molar-refractivity contribution in [1.82, 2.24) is 0 Å². The van der Waals surface area contributed by atoms with Crippen LogP contribution in [0.15, 0.2) is 194 Å². The van der Waals surface area contributed by atoms with Crippen LogP contribution in [0.1, 0.15) is 94.2 Å². The first kappa shape index (κ1) is 56.4. The molecule has 0 bridgehead atoms. The molecule has 7 aromatic carbocycles. The number of hydrogen-bond donors (Lipinski definition) is 3. The molecule has 0 unspecified atom stereocenters. The molecular formula is C61H80O3. The maximum atomic E-state index is 8.96. The number of aliphatic hydroxyl groups excluding tert-OH is 3. The molecule has 0 aliphatic carbocycles. The summed E-state index contributed by atoms with van der Waals surface area (Å²) in [5.41, 5.74) is 13.5. The van der Waals surface area contributed by atoms with Gasteiger partial charge in [0, 0.05) is 19.8 Å². The fourth-order valence-electron chi connectivity index (χ4n) is 6.08. The van der Waals surface area contributed by atoms with Gasteiger partial charge in [-0.3, -0.25) is 0 Å².